The maximum Gasteiger partial charge on any atom is 0.0702 e. The van der Waals surface area contributed by atoms with Crippen LogP contribution in [0.2, 0.25) is 0 Å². The molecule has 0 saturated carbocycles. The number of hydrogen-bond donors (Lipinski definition) is 1. The second-order valence-corrected chi connectivity index (χ2v) is 6.25. The summed E-state index contributed by atoms with van der Waals surface area (Å²) in [5.41, 5.74) is 4.07. The molecule has 0 spiro atoms. The lowest BCUT2D eigenvalue weighted by Gasteiger charge is -2.28. The number of nitrogens with zero attached hydrogens (tertiary/aromatic N) is 1. The molecule has 2 atom stereocenters. The van der Waals surface area contributed by atoms with Crippen molar-refractivity contribution in [3.8, 4) is 0 Å². The van der Waals surface area contributed by atoms with Gasteiger partial charge in [0.1, 0.15) is 0 Å². The van der Waals surface area contributed by atoms with Crippen molar-refractivity contribution >= 4 is 0 Å². The number of nitrogens with one attached hydrogen (secondary N) is 1. The summed E-state index contributed by atoms with van der Waals surface area (Å²) in [7, 11) is 2.06. The molecule has 1 fully saturated rings. The Hall–Kier alpha value is -0.900. The molecule has 0 aliphatic carbocycles. The van der Waals surface area contributed by atoms with Crippen molar-refractivity contribution in [3.05, 3.63) is 34.9 Å². The molecule has 2 unspecified atom stereocenters. The van der Waals surface area contributed by atoms with Crippen LogP contribution in [0.1, 0.15) is 42.5 Å². The Morgan fingerprint density at radius 3 is 2.52 bits per heavy atom. The number of rotatable bonds is 7. The lowest BCUT2D eigenvalue weighted by Crippen LogP contribution is -2.38. The predicted octanol–water partition coefficient (Wildman–Crippen LogP) is 3.06. The fourth-order valence-electron chi connectivity index (χ4n) is 3.24. The highest BCUT2D eigenvalue weighted by atomic mass is 16.5. The fourth-order valence-corrected chi connectivity index (χ4v) is 3.24. The average Bonchev–Trinajstić information content (AvgIpc) is 2.95. The minimum Gasteiger partial charge on any atom is -0.377 e. The van der Waals surface area contributed by atoms with Crippen molar-refractivity contribution in [3.63, 3.8) is 0 Å². The molecule has 21 heavy (non-hydrogen) atoms. The third-order valence-electron chi connectivity index (χ3n) is 4.37. The summed E-state index contributed by atoms with van der Waals surface area (Å²) < 4.78 is 5.78. The molecule has 1 aromatic rings. The second-order valence-electron chi connectivity index (χ2n) is 6.25. The molecule has 118 valence electrons. The molecule has 0 radical (unpaired) electrons. The van der Waals surface area contributed by atoms with E-state index < -0.39 is 0 Å². The van der Waals surface area contributed by atoms with Crippen LogP contribution in [0.5, 0.6) is 0 Å². The van der Waals surface area contributed by atoms with Crippen LogP contribution in [0.4, 0.5) is 0 Å². The van der Waals surface area contributed by atoms with Crippen LogP contribution < -0.4 is 5.32 Å². The van der Waals surface area contributed by atoms with Gasteiger partial charge >= 0.3 is 0 Å². The lowest BCUT2D eigenvalue weighted by atomic mass is 10.0. The Morgan fingerprint density at radius 2 is 2.00 bits per heavy atom. The van der Waals surface area contributed by atoms with Gasteiger partial charge in [-0.2, -0.15) is 0 Å². The van der Waals surface area contributed by atoms with Gasteiger partial charge in [-0.3, -0.25) is 4.90 Å². The highest BCUT2D eigenvalue weighted by molar-refractivity contribution is 5.30. The van der Waals surface area contributed by atoms with Crippen LogP contribution in [-0.4, -0.2) is 44.3 Å². The summed E-state index contributed by atoms with van der Waals surface area (Å²) >= 11 is 0. The maximum absolute atomic E-state index is 5.78. The first-order valence-electron chi connectivity index (χ1n) is 8.21. The van der Waals surface area contributed by atoms with Crippen molar-refractivity contribution in [2.45, 2.75) is 45.8 Å². The van der Waals surface area contributed by atoms with Gasteiger partial charge in [0, 0.05) is 25.7 Å². The third-order valence-corrected chi connectivity index (χ3v) is 4.37. The summed E-state index contributed by atoms with van der Waals surface area (Å²) in [5.74, 6) is 0. The fraction of sp³-hybridized carbons (Fsp3) is 0.667. The number of ether oxygens (including phenoxy) is 1. The Morgan fingerprint density at radius 1 is 1.29 bits per heavy atom. The maximum atomic E-state index is 5.78. The van der Waals surface area contributed by atoms with Crippen LogP contribution in [0.3, 0.4) is 0 Å². The van der Waals surface area contributed by atoms with E-state index in [0.29, 0.717) is 12.1 Å². The minimum atomic E-state index is 0.380. The van der Waals surface area contributed by atoms with Crippen molar-refractivity contribution < 1.29 is 4.74 Å². The van der Waals surface area contributed by atoms with Gasteiger partial charge in [0.2, 0.25) is 0 Å². The summed E-state index contributed by atoms with van der Waals surface area (Å²) in [5, 5.41) is 3.48. The molecule has 1 heterocycles. The van der Waals surface area contributed by atoms with E-state index in [1.807, 2.05) is 0 Å². The summed E-state index contributed by atoms with van der Waals surface area (Å²) in [4.78, 5) is 2.51. The van der Waals surface area contributed by atoms with Gasteiger partial charge < -0.3 is 10.1 Å². The quantitative estimate of drug-likeness (QED) is 0.835. The van der Waals surface area contributed by atoms with Gasteiger partial charge in [-0.1, -0.05) is 36.2 Å². The molecule has 0 aromatic heterocycles. The first-order valence-corrected chi connectivity index (χ1v) is 8.21. The van der Waals surface area contributed by atoms with E-state index in [1.165, 1.54) is 29.5 Å². The van der Waals surface area contributed by atoms with Gasteiger partial charge in [-0.15, -0.1) is 0 Å². The molecule has 2 rings (SSSR count). The Balaban J connectivity index is 2.01. The predicted molar refractivity (Wildman–Crippen MR) is 88.8 cm³/mol. The van der Waals surface area contributed by atoms with Crippen molar-refractivity contribution in [2.75, 3.05) is 33.3 Å². The monoisotopic (exact) mass is 290 g/mol. The first kappa shape index (κ1) is 16.5. The Labute approximate surface area is 129 Å². The highest BCUT2D eigenvalue weighted by Gasteiger charge is 2.21. The molecular weight excluding hydrogens is 260 g/mol. The number of likely N-dealkylation sites (N-methyl/N-ethyl adjacent to an activating group) is 2. The normalized spacial score (nSPS) is 20.1. The zero-order valence-corrected chi connectivity index (χ0v) is 14.0. The summed E-state index contributed by atoms with van der Waals surface area (Å²) in [6, 6.07) is 7.22. The number of aryl methyl sites for hydroxylation is 2. The van der Waals surface area contributed by atoms with E-state index in [2.05, 4.69) is 56.2 Å². The van der Waals surface area contributed by atoms with Gasteiger partial charge in [-0.25, -0.2) is 0 Å². The van der Waals surface area contributed by atoms with Gasteiger partial charge in [0.15, 0.2) is 0 Å². The Kier molecular flexibility index (Phi) is 6.22. The Bertz CT molecular complexity index is 421. The van der Waals surface area contributed by atoms with Crippen molar-refractivity contribution in [1.29, 1.82) is 0 Å². The van der Waals surface area contributed by atoms with Gasteiger partial charge in [0.25, 0.3) is 0 Å². The molecule has 1 N–H and O–H groups in total. The molecular formula is C18H30N2O. The smallest absolute Gasteiger partial charge is 0.0702 e. The molecule has 3 nitrogen and oxygen atoms in total. The zero-order chi connectivity index (χ0) is 15.2. The van der Waals surface area contributed by atoms with E-state index in [-0.39, 0.29) is 0 Å². The van der Waals surface area contributed by atoms with E-state index in [1.54, 1.807) is 0 Å². The third kappa shape index (κ3) is 4.80. The number of benzene rings is 1. The van der Waals surface area contributed by atoms with Crippen LogP contribution in [0, 0.1) is 13.8 Å². The average molecular weight is 290 g/mol. The SMILES string of the molecule is CCN(CC1CCCO1)CC(NC)c1cc(C)cc(C)c1. The second kappa shape index (κ2) is 7.92. The molecule has 1 saturated heterocycles. The minimum absolute atomic E-state index is 0.380. The van der Waals surface area contributed by atoms with Crippen LogP contribution in [0.25, 0.3) is 0 Å². The van der Waals surface area contributed by atoms with E-state index in [0.717, 1.165) is 26.2 Å². The van der Waals surface area contributed by atoms with Gasteiger partial charge in [-0.05, 0) is 45.8 Å². The lowest BCUT2D eigenvalue weighted by molar-refractivity contribution is 0.0718. The molecule has 3 heteroatoms. The first-order chi connectivity index (χ1) is 10.1. The number of hydrogen-bond acceptors (Lipinski definition) is 3. The van der Waals surface area contributed by atoms with Gasteiger partial charge in [0.05, 0.1) is 6.10 Å². The molecule has 1 aliphatic heterocycles. The largest absolute Gasteiger partial charge is 0.377 e. The topological polar surface area (TPSA) is 24.5 Å². The van der Waals surface area contributed by atoms with Crippen LogP contribution in [-0.2, 0) is 4.74 Å². The summed E-state index contributed by atoms with van der Waals surface area (Å²) in [6.45, 7) is 10.7. The van der Waals surface area contributed by atoms with Crippen LogP contribution >= 0.6 is 0 Å². The zero-order valence-electron chi connectivity index (χ0n) is 14.0. The van der Waals surface area contributed by atoms with E-state index in [9.17, 15) is 0 Å². The molecule has 0 bridgehead atoms. The highest BCUT2D eigenvalue weighted by Crippen LogP contribution is 2.19. The standard InChI is InChI=1S/C18H30N2O/c1-5-20(12-17-7-6-8-21-17)13-18(19-4)16-10-14(2)9-15(3)11-16/h9-11,17-19H,5-8,12-13H2,1-4H3. The van der Waals surface area contributed by atoms with Crippen molar-refractivity contribution in [1.82, 2.24) is 10.2 Å². The molecule has 0 amide bonds. The van der Waals surface area contributed by atoms with E-state index in [4.69, 9.17) is 4.74 Å². The van der Waals surface area contributed by atoms with Crippen molar-refractivity contribution in [2.24, 2.45) is 0 Å². The molecule has 1 aromatic carbocycles. The summed E-state index contributed by atoms with van der Waals surface area (Å²) in [6.07, 6.45) is 2.86. The molecule has 1 aliphatic rings. The van der Waals surface area contributed by atoms with Crippen LogP contribution in [0.15, 0.2) is 18.2 Å². The van der Waals surface area contributed by atoms with E-state index >= 15 is 0 Å².